The number of phosphoric ester groups is 1. The molecule has 2 N–H and O–H groups in total. The Morgan fingerprint density at radius 3 is 1.32 bits per heavy atom. The molecule has 0 spiro atoms. The third kappa shape index (κ3) is 14.9. The summed E-state index contributed by atoms with van der Waals surface area (Å²) in [5.41, 5.74) is -0.632. The van der Waals surface area contributed by atoms with Crippen LogP contribution in [0.5, 0.6) is 0 Å². The summed E-state index contributed by atoms with van der Waals surface area (Å²) in [4.78, 5) is 19.0. The predicted octanol–water partition coefficient (Wildman–Crippen LogP) is 7.14. The Hall–Kier alpha value is 0.110. The van der Waals surface area contributed by atoms with Crippen LogP contribution in [0.15, 0.2) is 0 Å². The molecule has 5 heteroatoms. The van der Waals surface area contributed by atoms with Crippen LogP contribution in [0.3, 0.4) is 0 Å². The summed E-state index contributed by atoms with van der Waals surface area (Å²) in [6.07, 6.45) is 17.1. The van der Waals surface area contributed by atoms with Gasteiger partial charge in [0.1, 0.15) is 0 Å². The lowest BCUT2D eigenvalue weighted by Gasteiger charge is -2.34. The van der Waals surface area contributed by atoms with Gasteiger partial charge in [-0.25, -0.2) is 4.57 Å². The largest absolute Gasteiger partial charge is 0.470 e. The predicted molar refractivity (Wildman–Crippen MR) is 107 cm³/mol. The molecular formula is C20H43O4P. The summed E-state index contributed by atoms with van der Waals surface area (Å²) >= 11 is 0. The second kappa shape index (κ2) is 15.2. The van der Waals surface area contributed by atoms with Crippen molar-refractivity contribution in [1.29, 1.82) is 0 Å². The molecule has 0 aromatic heterocycles. The maximum atomic E-state index is 11.6. The van der Waals surface area contributed by atoms with Crippen LogP contribution in [0.4, 0.5) is 0 Å². The first-order valence-corrected chi connectivity index (χ1v) is 12.2. The van der Waals surface area contributed by atoms with E-state index in [1.165, 1.54) is 38.5 Å². The molecule has 0 bridgehead atoms. The van der Waals surface area contributed by atoms with Gasteiger partial charge in [0.2, 0.25) is 0 Å². The van der Waals surface area contributed by atoms with Crippen LogP contribution in [-0.2, 0) is 9.09 Å². The maximum Gasteiger partial charge on any atom is 0.470 e. The van der Waals surface area contributed by atoms with Crippen molar-refractivity contribution >= 4 is 7.82 Å². The quantitative estimate of drug-likeness (QED) is 0.196. The monoisotopic (exact) mass is 378 g/mol. The summed E-state index contributed by atoms with van der Waals surface area (Å²) in [7, 11) is -4.46. The highest BCUT2D eigenvalue weighted by atomic mass is 31.2. The molecular weight excluding hydrogens is 335 g/mol. The molecule has 0 fully saturated rings. The van der Waals surface area contributed by atoms with Crippen molar-refractivity contribution in [2.24, 2.45) is 0 Å². The van der Waals surface area contributed by atoms with E-state index < -0.39 is 13.4 Å². The summed E-state index contributed by atoms with van der Waals surface area (Å²) in [5.74, 6) is 0. The summed E-state index contributed by atoms with van der Waals surface area (Å²) in [6, 6.07) is 0. The SMILES string of the molecule is CCCCCCCC(CCCCC)(CCCCCCC)OP(=O)(O)O. The highest BCUT2D eigenvalue weighted by Crippen LogP contribution is 2.47. The van der Waals surface area contributed by atoms with Gasteiger partial charge in [0.15, 0.2) is 0 Å². The van der Waals surface area contributed by atoms with Crippen LogP contribution < -0.4 is 0 Å². The number of unbranched alkanes of at least 4 members (excludes halogenated alkanes) is 10. The fourth-order valence-electron chi connectivity index (χ4n) is 3.56. The summed E-state index contributed by atoms with van der Waals surface area (Å²) < 4.78 is 17.1. The zero-order valence-electron chi connectivity index (χ0n) is 17.0. The van der Waals surface area contributed by atoms with E-state index in [4.69, 9.17) is 4.52 Å². The van der Waals surface area contributed by atoms with Gasteiger partial charge in [-0.1, -0.05) is 104 Å². The molecule has 0 saturated heterocycles. The first kappa shape index (κ1) is 25.1. The normalized spacial score (nSPS) is 12.7. The smallest absolute Gasteiger partial charge is 0.303 e. The summed E-state index contributed by atoms with van der Waals surface area (Å²) in [5, 5.41) is 0. The van der Waals surface area contributed by atoms with Crippen LogP contribution in [0.1, 0.15) is 124 Å². The number of hydrogen-bond donors (Lipinski definition) is 2. The highest BCUT2D eigenvalue weighted by Gasteiger charge is 2.36. The van der Waals surface area contributed by atoms with Crippen molar-refractivity contribution in [2.45, 2.75) is 129 Å². The lowest BCUT2D eigenvalue weighted by Crippen LogP contribution is -2.32. The minimum absolute atomic E-state index is 0.632. The average molecular weight is 379 g/mol. The van der Waals surface area contributed by atoms with Gasteiger partial charge in [-0.2, -0.15) is 0 Å². The fourth-order valence-corrected chi connectivity index (χ4v) is 4.34. The Morgan fingerprint density at radius 2 is 0.960 bits per heavy atom. The van der Waals surface area contributed by atoms with Crippen molar-refractivity contribution in [2.75, 3.05) is 0 Å². The van der Waals surface area contributed by atoms with Crippen LogP contribution in [0, 0.1) is 0 Å². The van der Waals surface area contributed by atoms with Crippen molar-refractivity contribution in [3.63, 3.8) is 0 Å². The molecule has 152 valence electrons. The maximum absolute atomic E-state index is 11.6. The molecule has 0 heterocycles. The number of hydrogen-bond acceptors (Lipinski definition) is 2. The van der Waals surface area contributed by atoms with Crippen molar-refractivity contribution in [1.82, 2.24) is 0 Å². The van der Waals surface area contributed by atoms with E-state index >= 15 is 0 Å². The van der Waals surface area contributed by atoms with E-state index in [0.717, 1.165) is 64.2 Å². The van der Waals surface area contributed by atoms with E-state index in [9.17, 15) is 14.4 Å². The zero-order valence-corrected chi connectivity index (χ0v) is 17.9. The molecule has 0 aromatic rings. The van der Waals surface area contributed by atoms with Gasteiger partial charge in [0.25, 0.3) is 0 Å². The van der Waals surface area contributed by atoms with E-state index in [1.54, 1.807) is 0 Å². The molecule has 0 amide bonds. The third-order valence-electron chi connectivity index (χ3n) is 5.02. The number of rotatable bonds is 18. The second-order valence-electron chi connectivity index (χ2n) is 7.55. The van der Waals surface area contributed by atoms with E-state index in [2.05, 4.69) is 20.8 Å². The van der Waals surface area contributed by atoms with Gasteiger partial charge in [0.05, 0.1) is 5.60 Å². The molecule has 4 nitrogen and oxygen atoms in total. The van der Waals surface area contributed by atoms with E-state index in [1.807, 2.05) is 0 Å². The average Bonchev–Trinajstić information content (AvgIpc) is 2.53. The molecule has 0 atom stereocenters. The topological polar surface area (TPSA) is 66.8 Å². The Kier molecular flexibility index (Phi) is 15.3. The standard InChI is InChI=1S/C20H43O4P/c1-4-7-10-12-15-18-20(17-14-9-6-3,24-25(21,22)23)19-16-13-11-8-5-2/h4-19H2,1-3H3,(H2,21,22,23). The molecule has 0 radical (unpaired) electrons. The van der Waals surface area contributed by atoms with Crippen LogP contribution in [0.2, 0.25) is 0 Å². The minimum atomic E-state index is -4.46. The van der Waals surface area contributed by atoms with E-state index in [0.29, 0.717) is 0 Å². The fraction of sp³-hybridized carbons (Fsp3) is 1.00. The van der Waals surface area contributed by atoms with Gasteiger partial charge in [-0.15, -0.1) is 0 Å². The van der Waals surface area contributed by atoms with Crippen molar-refractivity contribution < 1.29 is 18.9 Å². The first-order chi connectivity index (χ1) is 11.9. The van der Waals surface area contributed by atoms with Gasteiger partial charge in [0, 0.05) is 0 Å². The molecule has 0 aliphatic rings. The lowest BCUT2D eigenvalue weighted by molar-refractivity contribution is 0.00545. The molecule has 0 unspecified atom stereocenters. The first-order valence-electron chi connectivity index (χ1n) is 10.7. The Bertz CT molecular complexity index is 327. The Morgan fingerprint density at radius 1 is 0.640 bits per heavy atom. The zero-order chi connectivity index (χ0) is 19.0. The van der Waals surface area contributed by atoms with Crippen molar-refractivity contribution in [3.8, 4) is 0 Å². The highest BCUT2D eigenvalue weighted by molar-refractivity contribution is 7.46. The van der Waals surface area contributed by atoms with Crippen LogP contribution >= 0.6 is 7.82 Å². The molecule has 0 rings (SSSR count). The van der Waals surface area contributed by atoms with Crippen LogP contribution in [0.25, 0.3) is 0 Å². The van der Waals surface area contributed by atoms with Gasteiger partial charge in [-0.05, 0) is 19.3 Å². The molecule has 0 aromatic carbocycles. The number of phosphoric acid groups is 1. The third-order valence-corrected chi connectivity index (χ3v) is 5.65. The second-order valence-corrected chi connectivity index (χ2v) is 8.71. The molecule has 0 saturated carbocycles. The van der Waals surface area contributed by atoms with Gasteiger partial charge < -0.3 is 9.79 Å². The lowest BCUT2D eigenvalue weighted by atomic mass is 9.85. The Balaban J connectivity index is 4.76. The minimum Gasteiger partial charge on any atom is -0.303 e. The van der Waals surface area contributed by atoms with E-state index in [-0.39, 0.29) is 0 Å². The van der Waals surface area contributed by atoms with Gasteiger partial charge >= 0.3 is 7.82 Å². The Labute approximate surface area is 156 Å². The van der Waals surface area contributed by atoms with Crippen LogP contribution in [-0.4, -0.2) is 15.4 Å². The summed E-state index contributed by atoms with van der Waals surface area (Å²) in [6.45, 7) is 6.55. The molecule has 0 aliphatic carbocycles. The molecule has 0 aliphatic heterocycles. The molecule has 25 heavy (non-hydrogen) atoms. The van der Waals surface area contributed by atoms with Gasteiger partial charge in [-0.3, -0.25) is 4.52 Å². The van der Waals surface area contributed by atoms with Crippen molar-refractivity contribution in [3.05, 3.63) is 0 Å².